The van der Waals surface area contributed by atoms with Crippen molar-refractivity contribution in [3.8, 4) is 0 Å². The number of hydrogen-bond donors (Lipinski definition) is 2. The molecule has 1 aliphatic rings. The molecule has 4 nitrogen and oxygen atoms in total. The zero-order valence-electron chi connectivity index (χ0n) is 4.91. The van der Waals surface area contributed by atoms with Crippen LogP contribution in [0.15, 0.2) is 12.3 Å². The lowest BCUT2D eigenvalue weighted by Gasteiger charge is -1.99. The van der Waals surface area contributed by atoms with E-state index in [1.807, 2.05) is 6.07 Å². The Kier molecular flexibility index (Phi) is 0.790. The van der Waals surface area contributed by atoms with Gasteiger partial charge in [0.05, 0.1) is 12.7 Å². The lowest BCUT2D eigenvalue weighted by Crippen LogP contribution is -2.18. The Morgan fingerprint density at radius 2 is 2.78 bits per heavy atom. The molecule has 9 heavy (non-hydrogen) atoms. The van der Waals surface area contributed by atoms with Gasteiger partial charge in [0.15, 0.2) is 0 Å². The van der Waals surface area contributed by atoms with Crippen molar-refractivity contribution in [2.24, 2.45) is 5.73 Å². The standard InChI is InChI=1S/C5H8N4/c6-4-3-7-5-1-2-8-9(4)5/h1-2,4,7H,3,6H2. The molecule has 0 saturated carbocycles. The topological polar surface area (TPSA) is 55.9 Å². The Hall–Kier alpha value is -1.03. The summed E-state index contributed by atoms with van der Waals surface area (Å²) in [5.74, 6) is 1.02. The fourth-order valence-electron chi connectivity index (χ4n) is 1.01. The van der Waals surface area contributed by atoms with Gasteiger partial charge in [-0.05, 0) is 0 Å². The van der Waals surface area contributed by atoms with Crippen molar-refractivity contribution in [1.82, 2.24) is 9.78 Å². The van der Waals surface area contributed by atoms with Crippen molar-refractivity contribution >= 4 is 5.82 Å². The third-order valence-corrected chi connectivity index (χ3v) is 1.48. The Balaban J connectivity index is 2.49. The van der Waals surface area contributed by atoms with Crippen LogP contribution in [0.25, 0.3) is 0 Å². The molecule has 0 aromatic carbocycles. The first kappa shape index (κ1) is 4.81. The highest BCUT2D eigenvalue weighted by Gasteiger charge is 2.16. The lowest BCUT2D eigenvalue weighted by molar-refractivity contribution is 0.536. The molecule has 2 rings (SSSR count). The fraction of sp³-hybridized carbons (Fsp3) is 0.400. The van der Waals surface area contributed by atoms with Gasteiger partial charge in [-0.2, -0.15) is 5.10 Å². The zero-order valence-corrected chi connectivity index (χ0v) is 4.91. The number of anilines is 1. The third kappa shape index (κ3) is 0.533. The van der Waals surface area contributed by atoms with Gasteiger partial charge in [-0.3, -0.25) is 0 Å². The molecule has 0 aliphatic carbocycles. The summed E-state index contributed by atoms with van der Waals surface area (Å²) in [6.45, 7) is 0.795. The van der Waals surface area contributed by atoms with E-state index in [0.717, 1.165) is 12.4 Å². The molecule has 48 valence electrons. The summed E-state index contributed by atoms with van der Waals surface area (Å²) < 4.78 is 1.78. The maximum atomic E-state index is 5.63. The first-order valence-corrected chi connectivity index (χ1v) is 2.91. The van der Waals surface area contributed by atoms with Crippen molar-refractivity contribution in [3.05, 3.63) is 12.3 Å². The summed E-state index contributed by atoms with van der Waals surface area (Å²) in [4.78, 5) is 0. The second-order valence-electron chi connectivity index (χ2n) is 2.11. The summed E-state index contributed by atoms with van der Waals surface area (Å²) in [5.41, 5.74) is 5.63. The molecule has 0 radical (unpaired) electrons. The second-order valence-corrected chi connectivity index (χ2v) is 2.11. The average molecular weight is 124 g/mol. The normalized spacial score (nSPS) is 23.4. The summed E-state index contributed by atoms with van der Waals surface area (Å²) in [6.07, 6.45) is 1.76. The second kappa shape index (κ2) is 1.48. The molecule has 0 saturated heterocycles. The van der Waals surface area contributed by atoms with E-state index >= 15 is 0 Å². The Morgan fingerprint density at radius 1 is 1.89 bits per heavy atom. The van der Waals surface area contributed by atoms with Crippen molar-refractivity contribution in [2.45, 2.75) is 6.17 Å². The molecule has 0 fully saturated rings. The number of aromatic nitrogens is 2. The quantitative estimate of drug-likeness (QED) is 0.502. The van der Waals surface area contributed by atoms with Gasteiger partial charge in [-0.25, -0.2) is 4.68 Å². The number of nitrogens with zero attached hydrogens (tertiary/aromatic N) is 2. The minimum atomic E-state index is 0.0231. The van der Waals surface area contributed by atoms with Crippen LogP contribution in [0.2, 0.25) is 0 Å². The molecular weight excluding hydrogens is 116 g/mol. The molecule has 1 aromatic heterocycles. The van der Waals surface area contributed by atoms with E-state index in [-0.39, 0.29) is 6.17 Å². The Morgan fingerprint density at radius 3 is 3.56 bits per heavy atom. The van der Waals surface area contributed by atoms with E-state index in [9.17, 15) is 0 Å². The zero-order chi connectivity index (χ0) is 6.27. The van der Waals surface area contributed by atoms with Gasteiger partial charge in [0.2, 0.25) is 0 Å². The minimum Gasteiger partial charge on any atom is -0.367 e. The van der Waals surface area contributed by atoms with E-state index in [2.05, 4.69) is 10.4 Å². The van der Waals surface area contributed by atoms with Gasteiger partial charge in [0.25, 0.3) is 0 Å². The molecule has 0 bridgehead atoms. The fourth-order valence-corrected chi connectivity index (χ4v) is 1.01. The number of rotatable bonds is 0. The van der Waals surface area contributed by atoms with E-state index in [1.54, 1.807) is 10.9 Å². The predicted octanol–water partition coefficient (Wildman–Crippen LogP) is -0.234. The van der Waals surface area contributed by atoms with Crippen molar-refractivity contribution in [1.29, 1.82) is 0 Å². The van der Waals surface area contributed by atoms with Crippen molar-refractivity contribution in [2.75, 3.05) is 11.9 Å². The smallest absolute Gasteiger partial charge is 0.126 e. The van der Waals surface area contributed by atoms with Crippen LogP contribution >= 0.6 is 0 Å². The van der Waals surface area contributed by atoms with Crippen molar-refractivity contribution < 1.29 is 0 Å². The Bertz CT molecular complexity index is 216. The van der Waals surface area contributed by atoms with Gasteiger partial charge >= 0.3 is 0 Å². The molecule has 2 heterocycles. The van der Waals surface area contributed by atoms with Crippen LogP contribution < -0.4 is 11.1 Å². The van der Waals surface area contributed by atoms with Crippen LogP contribution in [0.1, 0.15) is 6.17 Å². The van der Waals surface area contributed by atoms with Crippen LogP contribution in [-0.4, -0.2) is 16.3 Å². The van der Waals surface area contributed by atoms with E-state index in [4.69, 9.17) is 5.73 Å². The summed E-state index contributed by atoms with van der Waals surface area (Å²) in [7, 11) is 0. The van der Waals surface area contributed by atoms with Gasteiger partial charge in [-0.15, -0.1) is 0 Å². The minimum absolute atomic E-state index is 0.0231. The maximum Gasteiger partial charge on any atom is 0.126 e. The molecule has 0 spiro atoms. The highest BCUT2D eigenvalue weighted by atomic mass is 15.4. The first-order valence-electron chi connectivity index (χ1n) is 2.91. The van der Waals surface area contributed by atoms with Gasteiger partial charge in [0.1, 0.15) is 12.0 Å². The lowest BCUT2D eigenvalue weighted by atomic mass is 10.6. The van der Waals surface area contributed by atoms with Gasteiger partial charge < -0.3 is 11.1 Å². The number of fused-ring (bicyclic) bond motifs is 1. The Labute approximate surface area is 52.7 Å². The summed E-state index contributed by atoms with van der Waals surface area (Å²) in [6, 6.07) is 1.91. The van der Waals surface area contributed by atoms with Crippen LogP contribution in [0.3, 0.4) is 0 Å². The molecule has 1 atom stereocenters. The van der Waals surface area contributed by atoms with Crippen LogP contribution in [0.4, 0.5) is 5.82 Å². The van der Waals surface area contributed by atoms with E-state index in [1.165, 1.54) is 0 Å². The highest BCUT2D eigenvalue weighted by molar-refractivity contribution is 5.37. The third-order valence-electron chi connectivity index (χ3n) is 1.48. The van der Waals surface area contributed by atoms with Gasteiger partial charge in [-0.1, -0.05) is 0 Å². The average Bonchev–Trinajstić information content (AvgIpc) is 2.35. The SMILES string of the molecule is NC1CNc2ccnn21. The summed E-state index contributed by atoms with van der Waals surface area (Å²) >= 11 is 0. The molecule has 3 N–H and O–H groups in total. The molecule has 1 unspecified atom stereocenters. The number of hydrogen-bond acceptors (Lipinski definition) is 3. The molecule has 1 aromatic rings. The van der Waals surface area contributed by atoms with Crippen LogP contribution in [0, 0.1) is 0 Å². The first-order chi connectivity index (χ1) is 4.38. The van der Waals surface area contributed by atoms with Crippen LogP contribution in [0.5, 0.6) is 0 Å². The number of nitrogens with one attached hydrogen (secondary N) is 1. The van der Waals surface area contributed by atoms with E-state index < -0.39 is 0 Å². The van der Waals surface area contributed by atoms with E-state index in [0.29, 0.717) is 0 Å². The predicted molar refractivity (Wildman–Crippen MR) is 33.9 cm³/mol. The maximum absolute atomic E-state index is 5.63. The largest absolute Gasteiger partial charge is 0.367 e. The summed E-state index contributed by atoms with van der Waals surface area (Å²) in [5, 5.41) is 7.11. The molecule has 1 aliphatic heterocycles. The van der Waals surface area contributed by atoms with Gasteiger partial charge in [0, 0.05) is 6.07 Å². The monoisotopic (exact) mass is 124 g/mol. The van der Waals surface area contributed by atoms with Crippen molar-refractivity contribution in [3.63, 3.8) is 0 Å². The number of nitrogens with two attached hydrogens (primary N) is 1. The molecular formula is C5H8N4. The molecule has 4 heteroatoms. The molecule has 0 amide bonds. The highest BCUT2D eigenvalue weighted by Crippen LogP contribution is 2.16. The van der Waals surface area contributed by atoms with Crippen LogP contribution in [-0.2, 0) is 0 Å².